The zero-order valence-electron chi connectivity index (χ0n) is 21.9. The van der Waals surface area contributed by atoms with Crippen LogP contribution in [-0.4, -0.2) is 81.1 Å². The highest BCUT2D eigenvalue weighted by molar-refractivity contribution is 7.71. The van der Waals surface area contributed by atoms with Crippen molar-refractivity contribution in [2.45, 2.75) is 69.5 Å². The summed E-state index contributed by atoms with van der Waals surface area (Å²) in [6.45, 7) is -0.490. The first-order chi connectivity index (χ1) is 19.2. The third-order valence-corrected chi connectivity index (χ3v) is 12.7. The number of rotatable bonds is 9. The Morgan fingerprint density at radius 3 is 2.32 bits per heavy atom. The van der Waals surface area contributed by atoms with Crippen LogP contribution in [0.1, 0.15) is 51.2 Å². The van der Waals surface area contributed by atoms with E-state index in [2.05, 4.69) is 25.4 Å². The number of amides is 1. The van der Waals surface area contributed by atoms with Crippen molar-refractivity contribution in [3.63, 3.8) is 0 Å². The number of nitrogens with one attached hydrogen (secondary N) is 2. The molecule has 0 spiro atoms. The molecule has 5 fully saturated rings. The maximum atomic E-state index is 13.2. The zero-order chi connectivity index (χ0) is 29.3. The Kier molecular flexibility index (Phi) is 7.63. The van der Waals surface area contributed by atoms with Gasteiger partial charge >= 0.3 is 7.60 Å². The number of halogens is 1. The Hall–Kier alpha value is -1.51. The summed E-state index contributed by atoms with van der Waals surface area (Å²) in [6, 6.07) is 0. The summed E-state index contributed by atoms with van der Waals surface area (Å²) in [7, 11) is -9.25. The van der Waals surface area contributed by atoms with Gasteiger partial charge in [-0.15, -0.1) is 0 Å². The fourth-order valence-electron chi connectivity index (χ4n) is 7.85. The zero-order valence-corrected chi connectivity index (χ0v) is 24.5. The molecule has 2 aromatic rings. The fraction of sp³-hybridized carbons (Fsp3) is 0.739. The van der Waals surface area contributed by atoms with E-state index in [0.717, 1.165) is 19.3 Å². The van der Waals surface area contributed by atoms with E-state index < -0.39 is 52.1 Å². The minimum Gasteiger partial charge on any atom is -0.387 e. The Morgan fingerprint density at radius 1 is 1.07 bits per heavy atom. The second-order valence-electron chi connectivity index (χ2n) is 12.2. The summed E-state index contributed by atoms with van der Waals surface area (Å²) in [5, 5.41) is 26.0. The van der Waals surface area contributed by atoms with Gasteiger partial charge in [0.1, 0.15) is 24.2 Å². The molecule has 226 valence electrons. The number of carbonyl (C=O) groups excluding carboxylic acids is 1. The molecule has 5 unspecified atom stereocenters. The molecule has 18 heteroatoms. The lowest BCUT2D eigenvalue weighted by molar-refractivity contribution is -0.124. The van der Waals surface area contributed by atoms with Crippen molar-refractivity contribution >= 4 is 49.6 Å². The molecule has 7 N–H and O–H groups in total. The molecule has 4 saturated carbocycles. The maximum absolute atomic E-state index is 13.2. The third-order valence-electron chi connectivity index (χ3n) is 8.88. The van der Waals surface area contributed by atoms with E-state index in [1.807, 2.05) is 0 Å². The molecule has 2 aromatic heterocycles. The lowest BCUT2D eigenvalue weighted by Gasteiger charge is -2.56. The first-order valence-corrected chi connectivity index (χ1v) is 17.5. The lowest BCUT2D eigenvalue weighted by Crippen LogP contribution is -2.47. The fourth-order valence-corrected chi connectivity index (χ4v) is 10.9. The van der Waals surface area contributed by atoms with Crippen LogP contribution in [0.4, 0.5) is 5.82 Å². The number of anilines is 1. The van der Waals surface area contributed by atoms with Crippen LogP contribution in [0.2, 0.25) is 5.28 Å². The van der Waals surface area contributed by atoms with Crippen molar-refractivity contribution in [2.24, 2.45) is 23.2 Å². The summed E-state index contributed by atoms with van der Waals surface area (Å²) in [4.78, 5) is 53.7. The van der Waals surface area contributed by atoms with Crippen LogP contribution in [0, 0.1) is 23.2 Å². The third kappa shape index (κ3) is 6.12. The van der Waals surface area contributed by atoms with Gasteiger partial charge in [0, 0.05) is 13.0 Å². The van der Waals surface area contributed by atoms with Crippen LogP contribution in [0.15, 0.2) is 6.33 Å². The molecule has 4 aliphatic carbocycles. The Bertz CT molecular complexity index is 1420. The average molecular weight is 635 g/mol. The number of carbonyl (C=O) groups is 1. The summed E-state index contributed by atoms with van der Waals surface area (Å²) >= 11 is 6.19. The quantitative estimate of drug-likeness (QED) is 0.154. The Balaban J connectivity index is 1.17. The van der Waals surface area contributed by atoms with E-state index in [0.29, 0.717) is 24.2 Å². The summed E-state index contributed by atoms with van der Waals surface area (Å²) in [5.74, 6) is 0.736. The number of aromatic nitrogens is 4. The van der Waals surface area contributed by atoms with E-state index in [9.17, 15) is 29.0 Å². The van der Waals surface area contributed by atoms with Crippen molar-refractivity contribution in [1.29, 1.82) is 0 Å². The topological polar surface area (TPSA) is 229 Å². The number of aliphatic hydroxyl groups excluding tert-OH is 2. The molecular formula is C23H33ClN6O9P2. The van der Waals surface area contributed by atoms with Gasteiger partial charge in [0.25, 0.3) is 7.52 Å². The van der Waals surface area contributed by atoms with Gasteiger partial charge in [-0.2, -0.15) is 9.97 Å². The standard InChI is InChI=1S/C23H33ClN6O9P2/c24-22-28-19(27-15(31)7-23-4-11-1-12(5-23)3-13(2-11)6-23)16-20(29-22)30(9-25-16)21-18(33)17(32)14(39-21)8-26-40(34,35)10-41(36,37)38/h9,11-14,17-18,21,32-33H,1-8,10H2,(H2,26,34,35)(H2,36,37,38)(H,27,28,29,31). The average Bonchev–Trinajstić information content (AvgIpc) is 3.35. The number of hydrogen-bond donors (Lipinski definition) is 7. The molecule has 4 bridgehead atoms. The van der Waals surface area contributed by atoms with Crippen LogP contribution in [0.5, 0.6) is 0 Å². The summed E-state index contributed by atoms with van der Waals surface area (Å²) in [6.07, 6.45) is 3.18. The van der Waals surface area contributed by atoms with Gasteiger partial charge in [0.15, 0.2) is 23.2 Å². The van der Waals surface area contributed by atoms with E-state index in [1.165, 1.54) is 30.2 Å². The van der Waals surface area contributed by atoms with E-state index in [-0.39, 0.29) is 33.6 Å². The molecule has 7 rings (SSSR count). The first-order valence-electron chi connectivity index (χ1n) is 13.5. The second kappa shape index (κ2) is 10.6. The highest BCUT2D eigenvalue weighted by atomic mass is 35.5. The smallest absolute Gasteiger partial charge is 0.336 e. The monoisotopic (exact) mass is 634 g/mol. The van der Waals surface area contributed by atoms with E-state index in [1.54, 1.807) is 0 Å². The van der Waals surface area contributed by atoms with Crippen molar-refractivity contribution in [2.75, 3.05) is 17.8 Å². The molecule has 5 aliphatic rings. The highest BCUT2D eigenvalue weighted by Gasteiger charge is 2.51. The van der Waals surface area contributed by atoms with Gasteiger partial charge < -0.3 is 34.9 Å². The minimum absolute atomic E-state index is 0.0128. The van der Waals surface area contributed by atoms with Crippen molar-refractivity contribution < 1.29 is 43.6 Å². The number of fused-ring (bicyclic) bond motifs is 1. The van der Waals surface area contributed by atoms with Gasteiger partial charge in [0.2, 0.25) is 11.2 Å². The minimum atomic E-state index is -4.79. The maximum Gasteiger partial charge on any atom is 0.336 e. The molecule has 1 aliphatic heterocycles. The predicted octanol–water partition coefficient (Wildman–Crippen LogP) is 1.55. The molecule has 1 saturated heterocycles. The molecule has 0 aromatic carbocycles. The largest absolute Gasteiger partial charge is 0.387 e. The highest BCUT2D eigenvalue weighted by Crippen LogP contribution is 2.61. The number of nitrogens with zero attached hydrogens (tertiary/aromatic N) is 4. The molecule has 1 amide bonds. The number of aliphatic hydroxyl groups is 2. The molecular weight excluding hydrogens is 602 g/mol. The van der Waals surface area contributed by atoms with Gasteiger partial charge in [-0.25, -0.2) is 10.1 Å². The van der Waals surface area contributed by atoms with Gasteiger partial charge in [-0.1, -0.05) is 0 Å². The van der Waals surface area contributed by atoms with Crippen LogP contribution < -0.4 is 10.4 Å². The van der Waals surface area contributed by atoms with Crippen molar-refractivity contribution in [3.05, 3.63) is 11.6 Å². The molecule has 0 radical (unpaired) electrons. The summed E-state index contributed by atoms with van der Waals surface area (Å²) in [5.41, 5.74) is 0.329. The number of hydrogen-bond acceptors (Lipinski definition) is 9. The summed E-state index contributed by atoms with van der Waals surface area (Å²) < 4.78 is 30.2. The number of ether oxygens (including phenoxy) is 1. The van der Waals surface area contributed by atoms with Gasteiger partial charge in [0.05, 0.1) is 6.33 Å². The van der Waals surface area contributed by atoms with Crippen LogP contribution in [-0.2, 0) is 18.7 Å². The van der Waals surface area contributed by atoms with E-state index >= 15 is 0 Å². The van der Waals surface area contributed by atoms with Crippen LogP contribution in [0.3, 0.4) is 0 Å². The van der Waals surface area contributed by atoms with E-state index in [4.69, 9.17) is 26.1 Å². The van der Waals surface area contributed by atoms with Gasteiger partial charge in [-0.3, -0.25) is 18.5 Å². The second-order valence-corrected chi connectivity index (χ2v) is 16.7. The molecule has 3 heterocycles. The molecule has 5 atom stereocenters. The Morgan fingerprint density at radius 2 is 1.71 bits per heavy atom. The normalized spacial score (nSPS) is 36.1. The Labute approximate surface area is 239 Å². The van der Waals surface area contributed by atoms with Crippen LogP contribution >= 0.6 is 26.7 Å². The number of imidazole rings is 1. The van der Waals surface area contributed by atoms with Crippen LogP contribution in [0.25, 0.3) is 11.2 Å². The van der Waals surface area contributed by atoms with Gasteiger partial charge in [-0.05, 0) is 73.3 Å². The molecule has 15 nitrogen and oxygen atoms in total. The predicted molar refractivity (Wildman–Crippen MR) is 145 cm³/mol. The SMILES string of the molecule is O=C(CC12CC3CC(CC(C3)C1)C2)Nc1nc(Cl)nc2c1ncn2C1OC(CNP(=O)(O)CP(=O)(O)O)C(O)C1O. The lowest BCUT2D eigenvalue weighted by atomic mass is 9.49. The first kappa shape index (κ1) is 29.6. The molecule has 41 heavy (non-hydrogen) atoms. The van der Waals surface area contributed by atoms with Crippen molar-refractivity contribution in [3.8, 4) is 0 Å². The van der Waals surface area contributed by atoms with Crippen molar-refractivity contribution in [1.82, 2.24) is 24.6 Å².